The summed E-state index contributed by atoms with van der Waals surface area (Å²) in [6.45, 7) is 2.55. The third kappa shape index (κ3) is 7.53. The number of nitrogens with one attached hydrogen (secondary N) is 3. The largest absolute Gasteiger partial charge is 0.395 e. The first-order valence-electron chi connectivity index (χ1n) is 12.6. The van der Waals surface area contributed by atoms with Crippen LogP contribution in [0.15, 0.2) is 58.1 Å². The number of amides is 1. The van der Waals surface area contributed by atoms with Crippen LogP contribution in [0.5, 0.6) is 0 Å². The molecule has 1 aliphatic heterocycles. The number of pyridine rings is 1. The van der Waals surface area contributed by atoms with Crippen molar-refractivity contribution in [3.63, 3.8) is 0 Å². The molecule has 13 heteroatoms. The average molecular weight is 602 g/mol. The molecule has 1 saturated heterocycles. The molecule has 4 rings (SSSR count). The molecule has 0 atom stereocenters. The van der Waals surface area contributed by atoms with Crippen LogP contribution in [0.4, 0.5) is 28.8 Å². The van der Waals surface area contributed by atoms with Crippen LogP contribution < -0.4 is 26.4 Å². The number of likely N-dealkylation sites (N-methyl/N-ethyl adjacent to an activating group) is 1. The van der Waals surface area contributed by atoms with Crippen LogP contribution in [0, 0.1) is 0 Å². The second-order valence-electron chi connectivity index (χ2n) is 9.05. The lowest BCUT2D eigenvalue weighted by atomic mass is 10.0. The summed E-state index contributed by atoms with van der Waals surface area (Å²) in [4.78, 5) is 41.2. The Labute approximate surface area is 235 Å². The number of carbonyl (C=O) groups is 1. The number of hydroxylamine groups is 2. The summed E-state index contributed by atoms with van der Waals surface area (Å²) in [5.74, 6) is 0.395. The van der Waals surface area contributed by atoms with E-state index in [9.17, 15) is 9.59 Å². The Morgan fingerprint density at radius 2 is 1.95 bits per heavy atom. The Balaban J connectivity index is 1.40. The van der Waals surface area contributed by atoms with Crippen LogP contribution in [0.2, 0.25) is 0 Å². The molecular weight excluding hydrogens is 568 g/mol. The molecule has 0 saturated carbocycles. The quantitative estimate of drug-likeness (QED) is 0.243. The first-order valence-corrected chi connectivity index (χ1v) is 13.4. The number of hydrogen-bond donors (Lipinski definition) is 4. The number of aliphatic hydroxyl groups excluding tert-OH is 1. The van der Waals surface area contributed by atoms with Gasteiger partial charge in [0.15, 0.2) is 5.82 Å². The molecule has 0 unspecified atom stereocenters. The van der Waals surface area contributed by atoms with Gasteiger partial charge in [0.1, 0.15) is 12.2 Å². The van der Waals surface area contributed by atoms with Crippen molar-refractivity contribution in [3.05, 3.63) is 63.6 Å². The third-order valence-corrected chi connectivity index (χ3v) is 7.06. The molecule has 1 aromatic carbocycles. The fourth-order valence-electron chi connectivity index (χ4n) is 4.24. The maximum absolute atomic E-state index is 12.9. The van der Waals surface area contributed by atoms with Gasteiger partial charge in [-0.3, -0.25) is 14.4 Å². The summed E-state index contributed by atoms with van der Waals surface area (Å²) in [6.07, 6.45) is 5.21. The number of nitrogens with zero attached hydrogens (tertiary/aromatic N) is 5. The van der Waals surface area contributed by atoms with Crippen molar-refractivity contribution in [1.82, 2.24) is 24.9 Å². The summed E-state index contributed by atoms with van der Waals surface area (Å²) < 4.78 is 1.87. The Bertz CT molecular complexity index is 1310. The van der Waals surface area contributed by atoms with Gasteiger partial charge < -0.3 is 30.5 Å². The highest BCUT2D eigenvalue weighted by molar-refractivity contribution is 9.10. The van der Waals surface area contributed by atoms with Crippen LogP contribution >= 0.6 is 15.9 Å². The zero-order valence-corrected chi connectivity index (χ0v) is 23.5. The first kappa shape index (κ1) is 28.5. The molecule has 12 nitrogen and oxygen atoms in total. The second-order valence-corrected chi connectivity index (χ2v) is 9.91. The van der Waals surface area contributed by atoms with Crippen molar-refractivity contribution < 1.29 is 14.7 Å². The number of rotatable bonds is 11. The number of carbonyl (C=O) groups excluding carboxylic acids is 1. The van der Waals surface area contributed by atoms with Crippen molar-refractivity contribution in [2.24, 2.45) is 0 Å². The highest BCUT2D eigenvalue weighted by atomic mass is 79.9. The number of benzene rings is 1. The Kier molecular flexibility index (Phi) is 9.87. The van der Waals surface area contributed by atoms with Crippen LogP contribution in [0.1, 0.15) is 12.8 Å². The van der Waals surface area contributed by atoms with Crippen molar-refractivity contribution in [3.8, 4) is 0 Å². The average Bonchev–Trinajstić information content (AvgIpc) is 2.96. The summed E-state index contributed by atoms with van der Waals surface area (Å²) in [7, 11) is 2.87. The van der Waals surface area contributed by atoms with E-state index in [-0.39, 0.29) is 30.3 Å². The fraction of sp³-hybridized carbons (Fsp3) is 0.385. The van der Waals surface area contributed by atoms with Gasteiger partial charge in [-0.25, -0.2) is 10.0 Å². The fourth-order valence-corrected chi connectivity index (χ4v) is 4.53. The minimum atomic E-state index is -0.376. The van der Waals surface area contributed by atoms with E-state index in [1.165, 1.54) is 24.9 Å². The molecule has 0 spiro atoms. The van der Waals surface area contributed by atoms with Gasteiger partial charge in [-0.1, -0.05) is 0 Å². The predicted octanol–water partition coefficient (Wildman–Crippen LogP) is 2.46. The Morgan fingerprint density at radius 3 is 2.64 bits per heavy atom. The van der Waals surface area contributed by atoms with Crippen molar-refractivity contribution in [2.45, 2.75) is 25.4 Å². The van der Waals surface area contributed by atoms with Gasteiger partial charge in [-0.05, 0) is 65.2 Å². The molecular formula is C26H33BrN8O4. The molecule has 1 fully saturated rings. The molecule has 0 aliphatic carbocycles. The molecule has 1 aliphatic rings. The summed E-state index contributed by atoms with van der Waals surface area (Å²) in [5, 5.41) is 19.7. The first-order chi connectivity index (χ1) is 18.9. The number of aromatic nitrogens is 3. The minimum absolute atomic E-state index is 0.162. The van der Waals surface area contributed by atoms with Gasteiger partial charge in [-0.2, -0.15) is 4.98 Å². The zero-order chi connectivity index (χ0) is 27.8. The van der Waals surface area contributed by atoms with E-state index in [4.69, 9.17) is 9.94 Å². The SMILES string of the molecule is CON(C)C(=O)Cn1cccc(Nc2nc(Nc3ccc(N4CCC(NCCO)CC4)cc3)ncc2Br)c1=O. The molecule has 3 heterocycles. The van der Waals surface area contributed by atoms with Gasteiger partial charge in [-0.15, -0.1) is 0 Å². The van der Waals surface area contributed by atoms with Gasteiger partial charge in [0.05, 0.1) is 18.2 Å². The highest BCUT2D eigenvalue weighted by Crippen LogP contribution is 2.26. The van der Waals surface area contributed by atoms with E-state index < -0.39 is 0 Å². The van der Waals surface area contributed by atoms with Crippen molar-refractivity contribution in [2.75, 3.05) is 55.9 Å². The molecule has 208 valence electrons. The van der Waals surface area contributed by atoms with Gasteiger partial charge >= 0.3 is 0 Å². The highest BCUT2D eigenvalue weighted by Gasteiger charge is 2.19. The number of piperidine rings is 1. The topological polar surface area (TPSA) is 137 Å². The summed E-state index contributed by atoms with van der Waals surface area (Å²) >= 11 is 3.43. The summed E-state index contributed by atoms with van der Waals surface area (Å²) in [5.41, 5.74) is 1.86. The van der Waals surface area contributed by atoms with E-state index in [0.29, 0.717) is 28.8 Å². The Morgan fingerprint density at radius 1 is 1.21 bits per heavy atom. The van der Waals surface area contributed by atoms with Crippen LogP contribution in [-0.4, -0.2) is 77.1 Å². The van der Waals surface area contributed by atoms with E-state index in [0.717, 1.165) is 42.4 Å². The predicted molar refractivity (Wildman–Crippen MR) is 154 cm³/mol. The molecule has 1 amide bonds. The smallest absolute Gasteiger partial charge is 0.274 e. The van der Waals surface area contributed by atoms with Crippen LogP contribution in [0.25, 0.3) is 0 Å². The molecule has 0 radical (unpaired) electrons. The van der Waals surface area contributed by atoms with Gasteiger partial charge in [0.2, 0.25) is 5.95 Å². The maximum atomic E-state index is 12.9. The van der Waals surface area contributed by atoms with Crippen molar-refractivity contribution in [1.29, 1.82) is 0 Å². The number of anilines is 5. The van der Waals surface area contributed by atoms with Crippen molar-refractivity contribution >= 4 is 50.7 Å². The molecule has 0 bridgehead atoms. The molecule has 4 N–H and O–H groups in total. The van der Waals surface area contributed by atoms with E-state index in [1.807, 2.05) is 12.1 Å². The number of halogens is 1. The Hall–Kier alpha value is -3.52. The second kappa shape index (κ2) is 13.5. The molecule has 3 aromatic rings. The van der Waals surface area contributed by atoms with E-state index >= 15 is 0 Å². The lowest BCUT2D eigenvalue weighted by Crippen LogP contribution is -2.43. The van der Waals surface area contributed by atoms with Gasteiger partial charge in [0, 0.05) is 56.5 Å². The lowest BCUT2D eigenvalue weighted by Gasteiger charge is -2.34. The van der Waals surface area contributed by atoms with E-state index in [2.05, 4.69) is 58.9 Å². The van der Waals surface area contributed by atoms with Crippen LogP contribution in [-0.2, 0) is 16.2 Å². The van der Waals surface area contributed by atoms with E-state index in [1.54, 1.807) is 18.3 Å². The summed E-state index contributed by atoms with van der Waals surface area (Å²) in [6, 6.07) is 11.8. The maximum Gasteiger partial charge on any atom is 0.274 e. The number of aliphatic hydroxyl groups is 1. The lowest BCUT2D eigenvalue weighted by molar-refractivity contribution is -0.169. The number of hydrogen-bond acceptors (Lipinski definition) is 10. The molecule has 2 aromatic heterocycles. The normalized spacial score (nSPS) is 13.8. The third-order valence-electron chi connectivity index (χ3n) is 6.48. The molecule has 39 heavy (non-hydrogen) atoms. The standard InChI is InChI=1S/C26H33BrN8O4/c1-33(39-2)23(37)17-35-12-3-4-22(25(35)38)31-24-21(27)16-29-26(32-24)30-19-5-7-20(8-6-19)34-13-9-18(10-14-34)28-11-15-36/h3-8,12,16,18,28,36H,9-11,13-15,17H2,1-2H3,(H2,29,30,31,32). The zero-order valence-electron chi connectivity index (χ0n) is 21.9. The van der Waals surface area contributed by atoms with Gasteiger partial charge in [0.25, 0.3) is 11.5 Å². The monoisotopic (exact) mass is 600 g/mol. The minimum Gasteiger partial charge on any atom is -0.395 e. The van der Waals surface area contributed by atoms with Crippen LogP contribution in [0.3, 0.4) is 0 Å².